The van der Waals surface area contributed by atoms with E-state index in [9.17, 15) is 0 Å². The third-order valence-corrected chi connectivity index (χ3v) is 3.46. The Balaban J connectivity index is 2.16. The third kappa shape index (κ3) is 3.18. The maximum Gasteiger partial charge on any atom is 0.0470 e. The Bertz CT molecular complexity index is 524. The van der Waals surface area contributed by atoms with E-state index in [1.807, 2.05) is 18.2 Å². The number of halogens is 2. The Morgan fingerprint density at radius 1 is 0.944 bits per heavy atom. The van der Waals surface area contributed by atoms with Gasteiger partial charge in [0.1, 0.15) is 0 Å². The molecule has 0 saturated carbocycles. The lowest BCUT2D eigenvalue weighted by Crippen LogP contribution is -2.01. The molecule has 94 valence electrons. The summed E-state index contributed by atoms with van der Waals surface area (Å²) in [6.45, 7) is 4.79. The summed E-state index contributed by atoms with van der Waals surface area (Å²) >= 11 is 12.3. The van der Waals surface area contributed by atoms with Crippen LogP contribution in [-0.4, -0.2) is 0 Å². The second-order valence-corrected chi connectivity index (χ2v) is 5.24. The number of rotatable bonds is 3. The molecule has 0 aliphatic rings. The molecule has 0 atom stereocenters. The summed E-state index contributed by atoms with van der Waals surface area (Å²) in [6.07, 6.45) is 0. The maximum atomic E-state index is 6.13. The smallest absolute Gasteiger partial charge is 0.0470 e. The van der Waals surface area contributed by atoms with E-state index in [1.54, 1.807) is 0 Å². The van der Waals surface area contributed by atoms with E-state index in [4.69, 9.17) is 23.2 Å². The fraction of sp³-hybridized carbons (Fsp3) is 0.200. The van der Waals surface area contributed by atoms with Crippen molar-refractivity contribution < 1.29 is 0 Å². The first-order chi connectivity index (χ1) is 8.56. The summed E-state index contributed by atoms with van der Waals surface area (Å²) in [5.74, 6) is 0. The van der Waals surface area contributed by atoms with Crippen molar-refractivity contribution in [3.8, 4) is 0 Å². The Morgan fingerprint density at radius 3 is 2.06 bits per heavy atom. The SMILES string of the molecule is Cc1cc(C)cc(NCc2c(Cl)cccc2Cl)c1. The molecular weight excluding hydrogens is 265 g/mol. The highest BCUT2D eigenvalue weighted by molar-refractivity contribution is 6.36. The lowest BCUT2D eigenvalue weighted by Gasteiger charge is -2.11. The average molecular weight is 280 g/mol. The number of aryl methyl sites for hydroxylation is 2. The van der Waals surface area contributed by atoms with Gasteiger partial charge in [0, 0.05) is 27.8 Å². The molecule has 18 heavy (non-hydrogen) atoms. The summed E-state index contributed by atoms with van der Waals surface area (Å²) in [5, 5.41) is 4.74. The van der Waals surface area contributed by atoms with Crippen LogP contribution in [0.4, 0.5) is 5.69 Å². The summed E-state index contributed by atoms with van der Waals surface area (Å²) < 4.78 is 0. The highest BCUT2D eigenvalue weighted by Gasteiger charge is 2.05. The van der Waals surface area contributed by atoms with Gasteiger partial charge in [-0.1, -0.05) is 35.3 Å². The van der Waals surface area contributed by atoms with Crippen LogP contribution in [0.5, 0.6) is 0 Å². The molecule has 0 radical (unpaired) electrons. The van der Waals surface area contributed by atoms with Crippen LogP contribution < -0.4 is 5.32 Å². The summed E-state index contributed by atoms with van der Waals surface area (Å²) in [6, 6.07) is 11.9. The Labute approximate surface area is 118 Å². The first-order valence-electron chi connectivity index (χ1n) is 5.81. The van der Waals surface area contributed by atoms with Gasteiger partial charge in [0.2, 0.25) is 0 Å². The molecule has 0 saturated heterocycles. The molecule has 0 heterocycles. The molecule has 0 aliphatic carbocycles. The molecule has 0 aromatic heterocycles. The summed E-state index contributed by atoms with van der Waals surface area (Å²) in [7, 11) is 0. The fourth-order valence-electron chi connectivity index (χ4n) is 1.97. The van der Waals surface area contributed by atoms with Gasteiger partial charge < -0.3 is 5.32 Å². The van der Waals surface area contributed by atoms with Crippen LogP contribution in [-0.2, 0) is 6.54 Å². The highest BCUT2D eigenvalue weighted by Crippen LogP contribution is 2.25. The van der Waals surface area contributed by atoms with Gasteiger partial charge in [-0.25, -0.2) is 0 Å². The van der Waals surface area contributed by atoms with E-state index >= 15 is 0 Å². The van der Waals surface area contributed by atoms with E-state index in [0.29, 0.717) is 16.6 Å². The maximum absolute atomic E-state index is 6.13. The van der Waals surface area contributed by atoms with Gasteiger partial charge >= 0.3 is 0 Å². The molecule has 2 rings (SSSR count). The number of benzene rings is 2. The summed E-state index contributed by atoms with van der Waals surface area (Å²) in [5.41, 5.74) is 4.49. The van der Waals surface area contributed by atoms with Crippen LogP contribution in [0.3, 0.4) is 0 Å². The lowest BCUT2D eigenvalue weighted by atomic mass is 10.1. The standard InChI is InChI=1S/C15H15Cl2N/c1-10-6-11(2)8-12(7-10)18-9-13-14(16)4-3-5-15(13)17/h3-8,18H,9H2,1-2H3. The van der Waals surface area contributed by atoms with Crippen LogP contribution >= 0.6 is 23.2 Å². The monoisotopic (exact) mass is 279 g/mol. The van der Waals surface area contributed by atoms with Gasteiger partial charge in [-0.3, -0.25) is 0 Å². The molecule has 0 fully saturated rings. The van der Waals surface area contributed by atoms with Crippen molar-refractivity contribution in [3.63, 3.8) is 0 Å². The van der Waals surface area contributed by atoms with E-state index in [-0.39, 0.29) is 0 Å². The Kier molecular flexibility index (Phi) is 4.15. The predicted octanol–water partition coefficient (Wildman–Crippen LogP) is 5.22. The molecule has 2 aromatic carbocycles. The van der Waals surface area contributed by atoms with Gasteiger partial charge in [0.15, 0.2) is 0 Å². The molecular formula is C15H15Cl2N. The summed E-state index contributed by atoms with van der Waals surface area (Å²) in [4.78, 5) is 0. The zero-order chi connectivity index (χ0) is 13.1. The molecule has 1 N–H and O–H groups in total. The molecule has 1 nitrogen and oxygen atoms in total. The van der Waals surface area contributed by atoms with Crippen LogP contribution in [0.1, 0.15) is 16.7 Å². The van der Waals surface area contributed by atoms with Crippen molar-refractivity contribution in [1.82, 2.24) is 0 Å². The van der Waals surface area contributed by atoms with Crippen molar-refractivity contribution in [2.75, 3.05) is 5.32 Å². The topological polar surface area (TPSA) is 12.0 Å². The number of nitrogens with one attached hydrogen (secondary N) is 1. The molecule has 0 aliphatic heterocycles. The van der Waals surface area contributed by atoms with Gasteiger partial charge in [0.25, 0.3) is 0 Å². The van der Waals surface area contributed by atoms with E-state index < -0.39 is 0 Å². The van der Waals surface area contributed by atoms with Crippen molar-refractivity contribution in [3.05, 3.63) is 63.1 Å². The number of hydrogen-bond donors (Lipinski definition) is 1. The Morgan fingerprint density at radius 2 is 1.50 bits per heavy atom. The molecule has 2 aromatic rings. The van der Waals surface area contributed by atoms with E-state index in [2.05, 4.69) is 37.4 Å². The highest BCUT2D eigenvalue weighted by atomic mass is 35.5. The van der Waals surface area contributed by atoms with Crippen molar-refractivity contribution in [2.24, 2.45) is 0 Å². The van der Waals surface area contributed by atoms with Gasteiger partial charge in [-0.2, -0.15) is 0 Å². The minimum Gasteiger partial charge on any atom is -0.381 e. The molecule has 0 spiro atoms. The second-order valence-electron chi connectivity index (χ2n) is 4.43. The minimum absolute atomic E-state index is 0.626. The van der Waals surface area contributed by atoms with Crippen LogP contribution in [0.15, 0.2) is 36.4 Å². The largest absolute Gasteiger partial charge is 0.381 e. The molecule has 0 unspecified atom stereocenters. The van der Waals surface area contributed by atoms with Crippen molar-refractivity contribution in [2.45, 2.75) is 20.4 Å². The van der Waals surface area contributed by atoms with E-state index in [1.165, 1.54) is 11.1 Å². The quantitative estimate of drug-likeness (QED) is 0.812. The number of hydrogen-bond acceptors (Lipinski definition) is 1. The fourth-order valence-corrected chi connectivity index (χ4v) is 2.50. The minimum atomic E-state index is 0.626. The van der Waals surface area contributed by atoms with Crippen LogP contribution in [0, 0.1) is 13.8 Å². The van der Waals surface area contributed by atoms with Gasteiger partial charge in [-0.05, 0) is 49.2 Å². The average Bonchev–Trinajstić information content (AvgIpc) is 2.27. The predicted molar refractivity (Wildman–Crippen MR) is 79.7 cm³/mol. The van der Waals surface area contributed by atoms with Crippen molar-refractivity contribution >= 4 is 28.9 Å². The molecule has 0 bridgehead atoms. The molecule has 0 amide bonds. The van der Waals surface area contributed by atoms with Gasteiger partial charge in [0.05, 0.1) is 0 Å². The first kappa shape index (κ1) is 13.3. The first-order valence-corrected chi connectivity index (χ1v) is 6.57. The Hall–Kier alpha value is -1.18. The van der Waals surface area contributed by atoms with Crippen molar-refractivity contribution in [1.29, 1.82) is 0 Å². The van der Waals surface area contributed by atoms with Gasteiger partial charge in [-0.15, -0.1) is 0 Å². The van der Waals surface area contributed by atoms with E-state index in [0.717, 1.165) is 11.3 Å². The van der Waals surface area contributed by atoms with Crippen LogP contribution in [0.25, 0.3) is 0 Å². The number of anilines is 1. The second kappa shape index (κ2) is 5.64. The third-order valence-electron chi connectivity index (χ3n) is 2.75. The zero-order valence-electron chi connectivity index (χ0n) is 10.4. The normalized spacial score (nSPS) is 10.4. The lowest BCUT2D eigenvalue weighted by molar-refractivity contribution is 1.14. The van der Waals surface area contributed by atoms with Crippen LogP contribution in [0.2, 0.25) is 10.0 Å². The zero-order valence-corrected chi connectivity index (χ0v) is 11.9. The molecule has 3 heteroatoms.